The Kier molecular flexibility index (Phi) is 7.63. The van der Waals surface area contributed by atoms with Crippen LogP contribution in [0, 0.1) is 11.3 Å². The van der Waals surface area contributed by atoms with Crippen LogP contribution >= 0.6 is 11.3 Å². The molecule has 0 saturated carbocycles. The van der Waals surface area contributed by atoms with Crippen LogP contribution in [-0.4, -0.2) is 35.5 Å². The molecule has 0 saturated heterocycles. The second kappa shape index (κ2) is 11.0. The number of fused-ring (bicyclic) bond motifs is 1. The fourth-order valence-corrected chi connectivity index (χ4v) is 5.24. The fourth-order valence-electron chi connectivity index (χ4n) is 4.01. The highest BCUT2D eigenvalue weighted by atomic mass is 32.1. The largest absolute Gasteiger partial charge is 0.497 e. The van der Waals surface area contributed by atoms with Crippen LogP contribution in [0.4, 0.5) is 9.80 Å². The topological polar surface area (TPSA) is 105 Å². The standard InChI is InChI=1S/C26H26N4O4S/c1-17(19-6-3-7-20(12-19)33-2)11-24(31)29-25-22(13-27)21-8-10-30(15-23(21)35-25)26(32)34-16-18-5-4-9-28-14-18/h3-7,9,12,14,17H,8,10-11,15-16H2,1-2H3,(H,29,31)/t17-/m0/s1. The summed E-state index contributed by atoms with van der Waals surface area (Å²) >= 11 is 1.35. The van der Waals surface area contributed by atoms with Crippen LogP contribution in [0.15, 0.2) is 48.8 Å². The molecule has 1 aromatic carbocycles. The SMILES string of the molecule is COc1cccc([C@@H](C)CC(=O)Nc2sc3c(c2C#N)CCN(C(=O)OCc2cccnc2)C3)c1. The van der Waals surface area contributed by atoms with Crippen LogP contribution in [0.5, 0.6) is 5.75 Å². The summed E-state index contributed by atoms with van der Waals surface area (Å²) in [5.41, 5.74) is 3.20. The van der Waals surface area contributed by atoms with Gasteiger partial charge in [-0.05, 0) is 41.7 Å². The minimum atomic E-state index is -0.413. The lowest BCUT2D eigenvalue weighted by Crippen LogP contribution is -2.35. The van der Waals surface area contributed by atoms with Gasteiger partial charge in [0.1, 0.15) is 23.4 Å². The van der Waals surface area contributed by atoms with Crippen molar-refractivity contribution in [3.63, 3.8) is 0 Å². The lowest BCUT2D eigenvalue weighted by molar-refractivity contribution is -0.116. The number of methoxy groups -OCH3 is 1. The Labute approximate surface area is 208 Å². The number of benzene rings is 1. The van der Waals surface area contributed by atoms with E-state index in [4.69, 9.17) is 9.47 Å². The van der Waals surface area contributed by atoms with Gasteiger partial charge in [-0.25, -0.2) is 4.79 Å². The highest BCUT2D eigenvalue weighted by molar-refractivity contribution is 7.16. The molecule has 3 aromatic rings. The second-order valence-corrected chi connectivity index (χ2v) is 9.44. The Morgan fingerprint density at radius 2 is 2.17 bits per heavy atom. The number of nitriles is 1. The van der Waals surface area contributed by atoms with E-state index in [1.165, 1.54) is 11.3 Å². The molecule has 3 heterocycles. The summed E-state index contributed by atoms with van der Waals surface area (Å²) in [5, 5.41) is 13.2. The summed E-state index contributed by atoms with van der Waals surface area (Å²) in [4.78, 5) is 31.9. The molecule has 2 amide bonds. The molecule has 1 atom stereocenters. The van der Waals surface area contributed by atoms with E-state index in [0.29, 0.717) is 30.1 Å². The number of hydrogen-bond donors (Lipinski definition) is 1. The number of hydrogen-bond acceptors (Lipinski definition) is 7. The first-order valence-electron chi connectivity index (χ1n) is 11.3. The average Bonchev–Trinajstić information content (AvgIpc) is 3.23. The molecule has 35 heavy (non-hydrogen) atoms. The highest BCUT2D eigenvalue weighted by Crippen LogP contribution is 2.37. The van der Waals surface area contributed by atoms with Gasteiger partial charge in [0, 0.05) is 35.8 Å². The highest BCUT2D eigenvalue weighted by Gasteiger charge is 2.28. The molecule has 2 aromatic heterocycles. The predicted octanol–water partition coefficient (Wildman–Crippen LogP) is 4.85. The second-order valence-electron chi connectivity index (χ2n) is 8.34. The summed E-state index contributed by atoms with van der Waals surface area (Å²) in [6.45, 7) is 2.92. The van der Waals surface area contributed by atoms with Gasteiger partial charge in [-0.2, -0.15) is 5.26 Å². The lowest BCUT2D eigenvalue weighted by atomic mass is 9.97. The summed E-state index contributed by atoms with van der Waals surface area (Å²) in [7, 11) is 1.61. The van der Waals surface area contributed by atoms with Gasteiger partial charge in [-0.15, -0.1) is 11.3 Å². The van der Waals surface area contributed by atoms with Crippen molar-refractivity contribution in [1.82, 2.24) is 9.88 Å². The molecule has 0 bridgehead atoms. The van der Waals surface area contributed by atoms with Gasteiger partial charge in [-0.3, -0.25) is 9.78 Å². The van der Waals surface area contributed by atoms with Gasteiger partial charge < -0.3 is 19.7 Å². The third-order valence-electron chi connectivity index (χ3n) is 5.92. The molecule has 1 N–H and O–H groups in total. The summed E-state index contributed by atoms with van der Waals surface area (Å²) in [6.07, 6.45) is 3.71. The first kappa shape index (κ1) is 24.2. The van der Waals surface area contributed by atoms with E-state index in [1.807, 2.05) is 37.3 Å². The number of anilines is 1. The molecule has 1 aliphatic rings. The summed E-state index contributed by atoms with van der Waals surface area (Å²) in [5.74, 6) is 0.564. The van der Waals surface area contributed by atoms with E-state index in [2.05, 4.69) is 16.4 Å². The van der Waals surface area contributed by atoms with E-state index < -0.39 is 6.09 Å². The quantitative estimate of drug-likeness (QED) is 0.508. The number of pyridine rings is 1. The number of nitrogens with zero attached hydrogens (tertiary/aromatic N) is 3. The number of aromatic nitrogens is 1. The van der Waals surface area contributed by atoms with Crippen molar-refractivity contribution in [2.24, 2.45) is 0 Å². The first-order chi connectivity index (χ1) is 17.0. The maximum atomic E-state index is 12.8. The number of ether oxygens (including phenoxy) is 2. The summed E-state index contributed by atoms with van der Waals surface area (Å²) < 4.78 is 10.7. The van der Waals surface area contributed by atoms with E-state index in [-0.39, 0.29) is 24.9 Å². The molecule has 4 rings (SSSR count). The Bertz CT molecular complexity index is 1250. The van der Waals surface area contributed by atoms with Gasteiger partial charge >= 0.3 is 6.09 Å². The molecule has 9 heteroatoms. The predicted molar refractivity (Wildman–Crippen MR) is 132 cm³/mol. The zero-order chi connectivity index (χ0) is 24.8. The zero-order valence-electron chi connectivity index (χ0n) is 19.6. The third kappa shape index (κ3) is 5.78. The number of carbonyl (C=O) groups is 2. The normalized spacial score (nSPS) is 13.3. The van der Waals surface area contributed by atoms with Crippen molar-refractivity contribution in [1.29, 1.82) is 5.26 Å². The molecule has 180 valence electrons. The molecule has 1 aliphatic heterocycles. The van der Waals surface area contributed by atoms with Crippen LogP contribution in [0.25, 0.3) is 0 Å². The molecule has 8 nitrogen and oxygen atoms in total. The van der Waals surface area contributed by atoms with E-state index >= 15 is 0 Å². The number of rotatable bonds is 7. The maximum absolute atomic E-state index is 12.8. The van der Waals surface area contributed by atoms with E-state index in [1.54, 1.807) is 30.5 Å². The van der Waals surface area contributed by atoms with Gasteiger partial charge in [0.05, 0.1) is 19.2 Å². The smallest absolute Gasteiger partial charge is 0.410 e. The monoisotopic (exact) mass is 490 g/mol. The molecule has 0 aliphatic carbocycles. The number of nitrogens with one attached hydrogen (secondary N) is 1. The lowest BCUT2D eigenvalue weighted by Gasteiger charge is -2.26. The number of carbonyl (C=O) groups excluding carboxylic acids is 2. The molecule has 0 fully saturated rings. The van der Waals surface area contributed by atoms with Crippen molar-refractivity contribution in [2.75, 3.05) is 19.0 Å². The Morgan fingerprint density at radius 3 is 2.91 bits per heavy atom. The number of amides is 2. The van der Waals surface area contributed by atoms with E-state index in [9.17, 15) is 14.9 Å². The van der Waals surface area contributed by atoms with Crippen LogP contribution < -0.4 is 10.1 Å². The fraction of sp³-hybridized carbons (Fsp3) is 0.308. The molecular formula is C26H26N4O4S. The van der Waals surface area contributed by atoms with Crippen molar-refractivity contribution >= 4 is 28.3 Å². The van der Waals surface area contributed by atoms with Crippen molar-refractivity contribution in [3.8, 4) is 11.8 Å². The Balaban J connectivity index is 1.39. The van der Waals surface area contributed by atoms with Crippen molar-refractivity contribution < 1.29 is 19.1 Å². The van der Waals surface area contributed by atoms with Crippen LogP contribution in [-0.2, 0) is 29.1 Å². The van der Waals surface area contributed by atoms with Crippen molar-refractivity contribution in [2.45, 2.75) is 38.8 Å². The zero-order valence-corrected chi connectivity index (χ0v) is 20.4. The minimum absolute atomic E-state index is 0.0182. The Morgan fingerprint density at radius 1 is 1.31 bits per heavy atom. The van der Waals surface area contributed by atoms with Crippen molar-refractivity contribution in [3.05, 3.63) is 75.9 Å². The van der Waals surface area contributed by atoms with Gasteiger partial charge in [0.25, 0.3) is 0 Å². The van der Waals surface area contributed by atoms with Gasteiger partial charge in [0.15, 0.2) is 0 Å². The molecule has 0 spiro atoms. The third-order valence-corrected chi connectivity index (χ3v) is 7.05. The first-order valence-corrected chi connectivity index (χ1v) is 12.1. The molecule has 0 radical (unpaired) electrons. The molecular weight excluding hydrogens is 464 g/mol. The maximum Gasteiger partial charge on any atom is 0.410 e. The number of thiophene rings is 1. The van der Waals surface area contributed by atoms with Crippen LogP contribution in [0.3, 0.4) is 0 Å². The van der Waals surface area contributed by atoms with E-state index in [0.717, 1.165) is 27.3 Å². The Hall–Kier alpha value is -3.90. The summed E-state index contributed by atoms with van der Waals surface area (Å²) in [6, 6.07) is 13.5. The molecule has 0 unspecified atom stereocenters. The van der Waals surface area contributed by atoms with Gasteiger partial charge in [-0.1, -0.05) is 25.1 Å². The van der Waals surface area contributed by atoms with Crippen LogP contribution in [0.1, 0.15) is 46.4 Å². The van der Waals surface area contributed by atoms with Crippen LogP contribution in [0.2, 0.25) is 0 Å². The average molecular weight is 491 g/mol. The van der Waals surface area contributed by atoms with Gasteiger partial charge in [0.2, 0.25) is 5.91 Å². The minimum Gasteiger partial charge on any atom is -0.497 e.